The van der Waals surface area contributed by atoms with E-state index in [4.69, 9.17) is 17.3 Å². The molecule has 0 aliphatic rings. The summed E-state index contributed by atoms with van der Waals surface area (Å²) in [5.41, 5.74) is 6.97. The lowest BCUT2D eigenvalue weighted by Gasteiger charge is -2.36. The monoisotopic (exact) mass is 361 g/mol. The van der Waals surface area contributed by atoms with Gasteiger partial charge in [0.25, 0.3) is 0 Å². The van der Waals surface area contributed by atoms with Crippen LogP contribution in [0.15, 0.2) is 36.4 Å². The molecule has 25 heavy (non-hydrogen) atoms. The number of benzene rings is 2. The van der Waals surface area contributed by atoms with Crippen LogP contribution in [0.3, 0.4) is 0 Å². The third-order valence-electron chi connectivity index (χ3n) is 5.23. The van der Waals surface area contributed by atoms with Crippen molar-refractivity contribution in [1.82, 2.24) is 0 Å². The van der Waals surface area contributed by atoms with Crippen LogP contribution in [0.25, 0.3) is 10.8 Å². The molecule has 0 saturated heterocycles. The quantitative estimate of drug-likeness (QED) is 0.482. The fourth-order valence-electron chi connectivity index (χ4n) is 3.64. The van der Waals surface area contributed by atoms with Gasteiger partial charge in [-0.1, -0.05) is 94.3 Å². The van der Waals surface area contributed by atoms with Crippen molar-refractivity contribution in [3.8, 4) is 0 Å². The smallest absolute Gasteiger partial charge is 0.0989 e. The van der Waals surface area contributed by atoms with E-state index in [9.17, 15) is 5.11 Å². The molecule has 1 unspecified atom stereocenters. The first-order valence-electron chi connectivity index (χ1n) is 9.67. The summed E-state index contributed by atoms with van der Waals surface area (Å²) in [5, 5.41) is 14.0. The molecule has 0 radical (unpaired) electrons. The fraction of sp³-hybridized carbons (Fsp3) is 0.545. The van der Waals surface area contributed by atoms with Crippen LogP contribution in [0.2, 0.25) is 5.02 Å². The van der Waals surface area contributed by atoms with E-state index in [1.807, 2.05) is 36.4 Å². The van der Waals surface area contributed by atoms with E-state index in [2.05, 4.69) is 13.8 Å². The van der Waals surface area contributed by atoms with Crippen molar-refractivity contribution in [2.24, 2.45) is 5.73 Å². The van der Waals surface area contributed by atoms with Crippen molar-refractivity contribution in [2.75, 3.05) is 0 Å². The number of hydrogen-bond acceptors (Lipinski definition) is 2. The SMILES string of the molecule is CCCCCC(N)(CCCCC)C(O)c1c(Cl)ccc2ccccc12. The van der Waals surface area contributed by atoms with Gasteiger partial charge in [-0.3, -0.25) is 0 Å². The second-order valence-corrected chi connectivity index (χ2v) is 7.64. The Morgan fingerprint density at radius 1 is 0.960 bits per heavy atom. The van der Waals surface area contributed by atoms with Gasteiger partial charge in [-0.15, -0.1) is 0 Å². The normalized spacial score (nSPS) is 13.3. The summed E-state index contributed by atoms with van der Waals surface area (Å²) in [6, 6.07) is 11.9. The Hall–Kier alpha value is -1.09. The zero-order valence-electron chi connectivity index (χ0n) is 15.6. The van der Waals surface area contributed by atoms with Gasteiger partial charge in [0.15, 0.2) is 0 Å². The lowest BCUT2D eigenvalue weighted by molar-refractivity contribution is 0.0696. The van der Waals surface area contributed by atoms with E-state index in [1.54, 1.807) is 0 Å². The number of fused-ring (bicyclic) bond motifs is 1. The summed E-state index contributed by atoms with van der Waals surface area (Å²) < 4.78 is 0. The molecule has 0 saturated carbocycles. The van der Waals surface area contributed by atoms with E-state index in [-0.39, 0.29) is 0 Å². The molecule has 0 fully saturated rings. The molecule has 2 nitrogen and oxygen atoms in total. The minimum atomic E-state index is -0.750. The molecule has 0 aliphatic heterocycles. The van der Waals surface area contributed by atoms with Crippen molar-refractivity contribution in [3.05, 3.63) is 47.0 Å². The molecule has 0 amide bonds. The summed E-state index contributed by atoms with van der Waals surface area (Å²) in [6.07, 6.45) is 7.56. The van der Waals surface area contributed by atoms with E-state index < -0.39 is 11.6 Å². The number of halogens is 1. The van der Waals surface area contributed by atoms with E-state index in [1.165, 1.54) is 0 Å². The van der Waals surface area contributed by atoms with Crippen LogP contribution in [0.5, 0.6) is 0 Å². The highest BCUT2D eigenvalue weighted by Gasteiger charge is 2.35. The first-order chi connectivity index (χ1) is 12.0. The molecule has 0 spiro atoms. The lowest BCUT2D eigenvalue weighted by atomic mass is 9.78. The minimum absolute atomic E-state index is 0.604. The molecule has 2 rings (SSSR count). The molecule has 0 aliphatic carbocycles. The maximum absolute atomic E-state index is 11.3. The van der Waals surface area contributed by atoms with E-state index in [0.717, 1.165) is 67.7 Å². The highest BCUT2D eigenvalue weighted by Crippen LogP contribution is 2.39. The second-order valence-electron chi connectivity index (χ2n) is 7.23. The molecular weight excluding hydrogens is 330 g/mol. The Balaban J connectivity index is 2.37. The zero-order chi connectivity index (χ0) is 18.3. The van der Waals surface area contributed by atoms with Gasteiger partial charge in [0.05, 0.1) is 6.10 Å². The molecule has 3 N–H and O–H groups in total. The topological polar surface area (TPSA) is 46.2 Å². The fourth-order valence-corrected chi connectivity index (χ4v) is 3.91. The molecule has 0 bridgehead atoms. The highest BCUT2D eigenvalue weighted by atomic mass is 35.5. The van der Waals surface area contributed by atoms with Crippen LogP contribution in [0.1, 0.15) is 76.9 Å². The van der Waals surface area contributed by atoms with Crippen LogP contribution in [0.4, 0.5) is 0 Å². The molecular formula is C22H32ClNO. The van der Waals surface area contributed by atoms with E-state index in [0.29, 0.717) is 5.02 Å². The van der Waals surface area contributed by atoms with Crippen LogP contribution in [-0.4, -0.2) is 10.6 Å². The Kier molecular flexibility index (Phi) is 7.74. The van der Waals surface area contributed by atoms with Gasteiger partial charge in [-0.25, -0.2) is 0 Å². The first kappa shape index (κ1) is 20.2. The zero-order valence-corrected chi connectivity index (χ0v) is 16.4. The number of aliphatic hydroxyl groups is 1. The Bertz CT molecular complexity index is 660. The lowest BCUT2D eigenvalue weighted by Crippen LogP contribution is -2.46. The van der Waals surface area contributed by atoms with Crippen molar-refractivity contribution in [2.45, 2.75) is 76.9 Å². The van der Waals surface area contributed by atoms with Gasteiger partial charge in [-0.2, -0.15) is 0 Å². The molecule has 1 atom stereocenters. The maximum Gasteiger partial charge on any atom is 0.0989 e. The number of unbranched alkanes of at least 4 members (excludes halogenated alkanes) is 4. The van der Waals surface area contributed by atoms with Crippen molar-refractivity contribution >= 4 is 22.4 Å². The third-order valence-corrected chi connectivity index (χ3v) is 5.56. The average Bonchev–Trinajstić information content (AvgIpc) is 2.61. The summed E-state index contributed by atoms with van der Waals surface area (Å²) in [6.45, 7) is 4.38. The maximum atomic E-state index is 11.3. The van der Waals surface area contributed by atoms with Crippen LogP contribution in [0, 0.1) is 0 Å². The van der Waals surface area contributed by atoms with Gasteiger partial charge in [-0.05, 0) is 29.7 Å². The molecule has 138 valence electrons. The third kappa shape index (κ3) is 4.97. The van der Waals surface area contributed by atoms with Gasteiger partial charge in [0.2, 0.25) is 0 Å². The van der Waals surface area contributed by atoms with Crippen molar-refractivity contribution in [1.29, 1.82) is 0 Å². The predicted octanol–water partition coefficient (Wildman–Crippen LogP) is 6.38. The predicted molar refractivity (Wildman–Crippen MR) is 109 cm³/mol. The van der Waals surface area contributed by atoms with Gasteiger partial charge in [0, 0.05) is 16.1 Å². The minimum Gasteiger partial charge on any atom is -0.386 e. The van der Waals surface area contributed by atoms with E-state index >= 15 is 0 Å². The number of hydrogen-bond donors (Lipinski definition) is 2. The summed E-state index contributed by atoms with van der Waals surface area (Å²) in [5.74, 6) is 0. The standard InChI is InChI=1S/C22H32ClNO/c1-3-5-9-15-22(24,16-10-6-4-2)21(25)20-18-12-8-7-11-17(18)13-14-19(20)23/h7-8,11-14,21,25H,3-6,9-10,15-16,24H2,1-2H3. The van der Waals surface area contributed by atoms with Gasteiger partial charge in [0.1, 0.15) is 0 Å². The summed E-state index contributed by atoms with van der Waals surface area (Å²) in [7, 11) is 0. The van der Waals surface area contributed by atoms with Gasteiger partial charge < -0.3 is 10.8 Å². The van der Waals surface area contributed by atoms with Crippen LogP contribution < -0.4 is 5.73 Å². The van der Waals surface area contributed by atoms with Crippen molar-refractivity contribution < 1.29 is 5.11 Å². The second kappa shape index (κ2) is 9.56. The Labute approximate surface area is 157 Å². The first-order valence-corrected chi connectivity index (χ1v) is 10.1. The average molecular weight is 362 g/mol. The Morgan fingerprint density at radius 3 is 2.16 bits per heavy atom. The molecule has 0 heterocycles. The molecule has 3 heteroatoms. The molecule has 2 aromatic carbocycles. The molecule has 0 aromatic heterocycles. The number of nitrogens with two attached hydrogens (primary N) is 1. The largest absolute Gasteiger partial charge is 0.386 e. The highest BCUT2D eigenvalue weighted by molar-refractivity contribution is 6.32. The number of rotatable bonds is 10. The van der Waals surface area contributed by atoms with Crippen LogP contribution >= 0.6 is 11.6 Å². The summed E-state index contributed by atoms with van der Waals surface area (Å²) in [4.78, 5) is 0. The summed E-state index contributed by atoms with van der Waals surface area (Å²) >= 11 is 6.51. The van der Waals surface area contributed by atoms with Gasteiger partial charge >= 0.3 is 0 Å². The molecule has 2 aromatic rings. The van der Waals surface area contributed by atoms with Crippen molar-refractivity contribution in [3.63, 3.8) is 0 Å². The number of aliphatic hydroxyl groups excluding tert-OH is 1. The van der Waals surface area contributed by atoms with Crippen LogP contribution in [-0.2, 0) is 0 Å². The Morgan fingerprint density at radius 2 is 1.56 bits per heavy atom.